The summed E-state index contributed by atoms with van der Waals surface area (Å²) in [5, 5.41) is 25.0. The van der Waals surface area contributed by atoms with Crippen LogP contribution in [-0.4, -0.2) is 41.9 Å². The molecule has 0 heterocycles. The molecule has 0 bridgehead atoms. The fourth-order valence-corrected chi connectivity index (χ4v) is 2.46. The molecule has 0 spiro atoms. The van der Waals surface area contributed by atoms with E-state index in [0.717, 1.165) is 19.3 Å². The zero-order valence-electron chi connectivity index (χ0n) is 17.5. The van der Waals surface area contributed by atoms with Crippen LogP contribution in [-0.2, 0) is 9.59 Å². The van der Waals surface area contributed by atoms with E-state index in [1.807, 2.05) is 0 Å². The van der Waals surface area contributed by atoms with Gasteiger partial charge >= 0.3 is 0 Å². The van der Waals surface area contributed by atoms with E-state index in [4.69, 9.17) is 5.41 Å². The minimum atomic E-state index is -0.822. The van der Waals surface area contributed by atoms with Gasteiger partial charge in [0.1, 0.15) is 6.04 Å². The number of amides is 2. The van der Waals surface area contributed by atoms with Crippen molar-refractivity contribution in [2.45, 2.75) is 72.3 Å². The molecule has 0 unspecified atom stereocenters. The average Bonchev–Trinajstić information content (AvgIpc) is 2.56. The maximum atomic E-state index is 12.4. The Morgan fingerprint density at radius 1 is 0.964 bits per heavy atom. The predicted molar refractivity (Wildman–Crippen MR) is 108 cm³/mol. The van der Waals surface area contributed by atoms with Crippen molar-refractivity contribution in [1.29, 1.82) is 5.41 Å². The Morgan fingerprint density at radius 2 is 1.61 bits per heavy atom. The summed E-state index contributed by atoms with van der Waals surface area (Å²) in [6, 6.07) is -0.654. The van der Waals surface area contributed by atoms with Crippen molar-refractivity contribution >= 4 is 17.8 Å². The second kappa shape index (κ2) is 14.6. The van der Waals surface area contributed by atoms with Crippen LogP contribution in [0.2, 0.25) is 0 Å². The Kier molecular flexibility index (Phi) is 13.4. The second-order valence-corrected chi connectivity index (χ2v) is 7.69. The highest BCUT2D eigenvalue weighted by molar-refractivity contribution is 5.87. The van der Waals surface area contributed by atoms with Gasteiger partial charge in [-0.1, -0.05) is 39.5 Å². The number of guanidine groups is 1. The third-order valence-electron chi connectivity index (χ3n) is 4.03. The van der Waals surface area contributed by atoms with Crippen molar-refractivity contribution in [3.63, 3.8) is 0 Å². The molecule has 0 aliphatic heterocycles. The minimum Gasteiger partial charge on any atom is -0.354 e. The SMILES string of the molecule is CC(C)CCCC(=O)N[C@@H](CCCNC(=N)N[N+](=O)[O-])C(=O)NCCC(C)C. The lowest BCUT2D eigenvalue weighted by atomic mass is 10.1. The van der Waals surface area contributed by atoms with E-state index in [2.05, 4.69) is 43.6 Å². The summed E-state index contributed by atoms with van der Waals surface area (Å²) in [5.74, 6) is 0.197. The first-order valence-electron chi connectivity index (χ1n) is 9.92. The molecule has 0 aliphatic rings. The van der Waals surface area contributed by atoms with E-state index < -0.39 is 17.0 Å². The summed E-state index contributed by atoms with van der Waals surface area (Å²) in [5.41, 5.74) is 1.70. The first-order valence-corrected chi connectivity index (χ1v) is 9.92. The molecule has 0 fully saturated rings. The summed E-state index contributed by atoms with van der Waals surface area (Å²) in [6.45, 7) is 9.16. The molecule has 10 nitrogen and oxygen atoms in total. The number of hydrogen-bond acceptors (Lipinski definition) is 5. The van der Waals surface area contributed by atoms with Crippen LogP contribution in [0.5, 0.6) is 0 Å². The molecule has 0 radical (unpaired) electrons. The monoisotopic (exact) mass is 400 g/mol. The highest BCUT2D eigenvalue weighted by atomic mass is 16.7. The zero-order chi connectivity index (χ0) is 21.5. The summed E-state index contributed by atoms with van der Waals surface area (Å²) < 4.78 is 0. The maximum Gasteiger partial charge on any atom is 0.251 e. The Balaban J connectivity index is 4.49. The van der Waals surface area contributed by atoms with Gasteiger partial charge in [-0.25, -0.2) is 10.1 Å². The van der Waals surface area contributed by atoms with Crippen LogP contribution >= 0.6 is 0 Å². The third-order valence-corrected chi connectivity index (χ3v) is 4.03. The van der Waals surface area contributed by atoms with Crippen LogP contribution in [0.25, 0.3) is 0 Å². The summed E-state index contributed by atoms with van der Waals surface area (Å²) in [6.07, 6.45) is 3.80. The van der Waals surface area contributed by atoms with Gasteiger partial charge in [-0.2, -0.15) is 0 Å². The van der Waals surface area contributed by atoms with Crippen molar-refractivity contribution in [2.75, 3.05) is 13.1 Å². The fourth-order valence-electron chi connectivity index (χ4n) is 2.46. The molecular formula is C18H36N6O4. The van der Waals surface area contributed by atoms with Gasteiger partial charge in [0.05, 0.1) is 0 Å². The minimum absolute atomic E-state index is 0.152. The smallest absolute Gasteiger partial charge is 0.251 e. The van der Waals surface area contributed by atoms with Crippen molar-refractivity contribution < 1.29 is 14.6 Å². The van der Waals surface area contributed by atoms with E-state index in [9.17, 15) is 19.7 Å². The topological polar surface area (TPSA) is 149 Å². The number of nitrogens with zero attached hydrogens (tertiary/aromatic N) is 1. The van der Waals surface area contributed by atoms with Gasteiger partial charge in [0.15, 0.2) is 5.03 Å². The average molecular weight is 401 g/mol. The second-order valence-electron chi connectivity index (χ2n) is 7.69. The fraction of sp³-hybridized carbons (Fsp3) is 0.833. The summed E-state index contributed by atoms with van der Waals surface area (Å²) >= 11 is 0. The Bertz CT molecular complexity index is 510. The van der Waals surface area contributed by atoms with Crippen molar-refractivity contribution in [3.8, 4) is 0 Å². The van der Waals surface area contributed by atoms with Crippen molar-refractivity contribution in [1.82, 2.24) is 21.4 Å². The number of rotatable bonds is 14. The van der Waals surface area contributed by atoms with Crippen LogP contribution in [0.1, 0.15) is 66.2 Å². The Hall–Kier alpha value is -2.39. The Morgan fingerprint density at radius 3 is 2.18 bits per heavy atom. The first-order chi connectivity index (χ1) is 13.1. The first kappa shape index (κ1) is 25.6. The van der Waals surface area contributed by atoms with Crippen molar-refractivity contribution in [2.24, 2.45) is 11.8 Å². The summed E-state index contributed by atoms with van der Waals surface area (Å²) in [7, 11) is 0. The largest absolute Gasteiger partial charge is 0.354 e. The zero-order valence-corrected chi connectivity index (χ0v) is 17.5. The predicted octanol–water partition coefficient (Wildman–Crippen LogP) is 1.55. The molecule has 10 heteroatoms. The standard InChI is InChI=1S/C18H36N6O4/c1-13(2)7-5-9-16(25)22-15(17(26)20-12-10-14(3)4)8-6-11-21-18(19)23-24(27)28/h13-15H,5-12H2,1-4H3,(H,20,26)(H,22,25)(H3,19,21,23)/t15-/m0/s1. The molecule has 0 aliphatic carbocycles. The van der Waals surface area contributed by atoms with Gasteiger partial charge in [0.25, 0.3) is 5.96 Å². The molecule has 0 rings (SSSR count). The van der Waals surface area contributed by atoms with Crippen molar-refractivity contribution in [3.05, 3.63) is 10.1 Å². The molecule has 162 valence electrons. The van der Waals surface area contributed by atoms with Gasteiger partial charge in [-0.3, -0.25) is 15.0 Å². The van der Waals surface area contributed by atoms with E-state index >= 15 is 0 Å². The van der Waals surface area contributed by atoms with Crippen LogP contribution in [0.15, 0.2) is 0 Å². The summed E-state index contributed by atoms with van der Waals surface area (Å²) in [4.78, 5) is 34.8. The molecule has 28 heavy (non-hydrogen) atoms. The van der Waals surface area contributed by atoms with Crippen LogP contribution in [0, 0.1) is 27.4 Å². The third kappa shape index (κ3) is 14.7. The number of nitro groups is 1. The van der Waals surface area contributed by atoms with Gasteiger partial charge in [0.2, 0.25) is 11.8 Å². The van der Waals surface area contributed by atoms with E-state index in [0.29, 0.717) is 37.6 Å². The molecule has 2 amide bonds. The molecule has 0 saturated heterocycles. The van der Waals surface area contributed by atoms with Gasteiger partial charge in [-0.15, -0.1) is 0 Å². The normalized spacial score (nSPS) is 11.8. The number of carbonyl (C=O) groups is 2. The van der Waals surface area contributed by atoms with Crippen LogP contribution < -0.4 is 21.4 Å². The molecule has 0 aromatic carbocycles. The van der Waals surface area contributed by atoms with Gasteiger partial charge < -0.3 is 16.0 Å². The number of hydrazine groups is 1. The lowest BCUT2D eigenvalue weighted by molar-refractivity contribution is -0.525. The number of hydrogen-bond donors (Lipinski definition) is 5. The highest BCUT2D eigenvalue weighted by Gasteiger charge is 2.20. The van der Waals surface area contributed by atoms with Crippen LogP contribution in [0.4, 0.5) is 0 Å². The quantitative estimate of drug-likeness (QED) is 0.0981. The lowest BCUT2D eigenvalue weighted by Gasteiger charge is -2.19. The highest BCUT2D eigenvalue weighted by Crippen LogP contribution is 2.07. The number of carbonyl (C=O) groups excluding carboxylic acids is 2. The Labute approximate surface area is 167 Å². The van der Waals surface area contributed by atoms with Gasteiger partial charge in [-0.05, 0) is 37.5 Å². The molecule has 0 aromatic heterocycles. The van der Waals surface area contributed by atoms with E-state index in [1.165, 1.54) is 0 Å². The molecule has 0 saturated carbocycles. The molecule has 1 atom stereocenters. The van der Waals surface area contributed by atoms with E-state index in [1.54, 1.807) is 5.43 Å². The van der Waals surface area contributed by atoms with Gasteiger partial charge in [0, 0.05) is 19.5 Å². The maximum absolute atomic E-state index is 12.4. The molecule has 0 aromatic rings. The van der Waals surface area contributed by atoms with E-state index in [-0.39, 0.29) is 18.4 Å². The van der Waals surface area contributed by atoms with Crippen LogP contribution in [0.3, 0.4) is 0 Å². The lowest BCUT2D eigenvalue weighted by Crippen LogP contribution is -2.47. The molecule has 5 N–H and O–H groups in total. The molecular weight excluding hydrogens is 364 g/mol. The number of nitrogens with one attached hydrogen (secondary N) is 5.